The molecule has 2 aliphatic carbocycles. The lowest BCUT2D eigenvalue weighted by atomic mass is 9.81. The molecule has 0 aromatic rings. The molecule has 2 rings (SSSR count). The predicted octanol–water partition coefficient (Wildman–Crippen LogP) is 1.99. The van der Waals surface area contributed by atoms with Gasteiger partial charge >= 0.3 is 0 Å². The van der Waals surface area contributed by atoms with Gasteiger partial charge in [-0.05, 0) is 37.0 Å². The highest BCUT2D eigenvalue weighted by Crippen LogP contribution is 2.52. The minimum Gasteiger partial charge on any atom is -0.303 e. The summed E-state index contributed by atoms with van der Waals surface area (Å²) in [6, 6.07) is 0. The molecule has 0 N–H and O–H groups in total. The van der Waals surface area contributed by atoms with Gasteiger partial charge in [-0.25, -0.2) is 0 Å². The van der Waals surface area contributed by atoms with E-state index in [-0.39, 0.29) is 5.92 Å². The van der Waals surface area contributed by atoms with Crippen LogP contribution in [-0.4, -0.2) is 6.29 Å². The molecule has 2 fully saturated rings. The van der Waals surface area contributed by atoms with Gasteiger partial charge in [-0.1, -0.05) is 6.08 Å². The smallest absolute Gasteiger partial charge is 0.123 e. The molecule has 2 bridgehead atoms. The third-order valence-corrected chi connectivity index (χ3v) is 3.10. The molecule has 0 aromatic heterocycles. The molecule has 1 heteroatoms. The number of hydrogen-bond acceptors (Lipinski definition) is 1. The van der Waals surface area contributed by atoms with Crippen LogP contribution in [0.3, 0.4) is 0 Å². The van der Waals surface area contributed by atoms with Crippen molar-refractivity contribution in [1.82, 2.24) is 0 Å². The van der Waals surface area contributed by atoms with Gasteiger partial charge in [0.25, 0.3) is 0 Å². The van der Waals surface area contributed by atoms with Gasteiger partial charge in [0.2, 0.25) is 0 Å². The van der Waals surface area contributed by atoms with Crippen molar-refractivity contribution in [3.63, 3.8) is 0 Å². The second-order valence-electron chi connectivity index (χ2n) is 3.70. The minimum atomic E-state index is 0.275. The first-order chi connectivity index (χ1) is 5.35. The van der Waals surface area contributed by atoms with E-state index in [1.165, 1.54) is 18.8 Å². The summed E-state index contributed by atoms with van der Waals surface area (Å²) in [6.45, 7) is 3.79. The molecule has 59 valence electrons. The van der Waals surface area contributed by atoms with Crippen LogP contribution in [0.4, 0.5) is 0 Å². The molecule has 0 amide bonds. The summed E-state index contributed by atoms with van der Waals surface area (Å²) in [4.78, 5) is 10.6. The molecular formula is C10H13O. The van der Waals surface area contributed by atoms with Gasteiger partial charge in [0, 0.05) is 5.92 Å². The Balaban J connectivity index is 2.13. The highest BCUT2D eigenvalue weighted by Gasteiger charge is 2.44. The molecule has 11 heavy (non-hydrogen) atoms. The Morgan fingerprint density at radius 3 is 2.64 bits per heavy atom. The summed E-state index contributed by atoms with van der Waals surface area (Å²) >= 11 is 0. The molecule has 0 aliphatic heterocycles. The van der Waals surface area contributed by atoms with Crippen molar-refractivity contribution in [2.45, 2.75) is 19.3 Å². The van der Waals surface area contributed by atoms with E-state index in [4.69, 9.17) is 0 Å². The van der Waals surface area contributed by atoms with E-state index in [2.05, 4.69) is 6.58 Å². The zero-order valence-corrected chi connectivity index (χ0v) is 6.62. The van der Waals surface area contributed by atoms with Crippen molar-refractivity contribution in [3.8, 4) is 0 Å². The van der Waals surface area contributed by atoms with Gasteiger partial charge in [0.05, 0.1) is 0 Å². The van der Waals surface area contributed by atoms with E-state index in [0.29, 0.717) is 5.92 Å². The second kappa shape index (κ2) is 2.47. The topological polar surface area (TPSA) is 17.1 Å². The van der Waals surface area contributed by atoms with Gasteiger partial charge in [-0.3, -0.25) is 0 Å². The minimum absolute atomic E-state index is 0.275. The zero-order valence-electron chi connectivity index (χ0n) is 6.62. The summed E-state index contributed by atoms with van der Waals surface area (Å²) < 4.78 is 0. The Hall–Kier alpha value is -0.590. The Morgan fingerprint density at radius 2 is 2.09 bits per heavy atom. The van der Waals surface area contributed by atoms with Crippen molar-refractivity contribution in [3.05, 3.63) is 18.6 Å². The monoisotopic (exact) mass is 149 g/mol. The van der Waals surface area contributed by atoms with Crippen LogP contribution in [0.2, 0.25) is 0 Å². The number of hydrogen-bond donors (Lipinski definition) is 0. The first kappa shape index (κ1) is 7.08. The quantitative estimate of drug-likeness (QED) is 0.433. The lowest BCUT2D eigenvalue weighted by Gasteiger charge is -2.22. The van der Waals surface area contributed by atoms with E-state index in [0.717, 1.165) is 18.6 Å². The highest BCUT2D eigenvalue weighted by atomic mass is 16.1. The molecule has 0 heterocycles. The third-order valence-electron chi connectivity index (χ3n) is 3.10. The van der Waals surface area contributed by atoms with Crippen molar-refractivity contribution in [1.29, 1.82) is 0 Å². The maximum Gasteiger partial charge on any atom is 0.123 e. The predicted molar refractivity (Wildman–Crippen MR) is 43.8 cm³/mol. The number of aldehydes is 1. The van der Waals surface area contributed by atoms with Gasteiger partial charge in [0.1, 0.15) is 6.29 Å². The summed E-state index contributed by atoms with van der Waals surface area (Å²) in [5, 5.41) is 0. The maximum atomic E-state index is 10.6. The van der Waals surface area contributed by atoms with Crippen LogP contribution >= 0.6 is 0 Å². The number of fused-ring (bicyclic) bond motifs is 2. The fourth-order valence-electron chi connectivity index (χ4n) is 2.59. The van der Waals surface area contributed by atoms with E-state index in [1.807, 2.05) is 6.08 Å². The molecule has 0 aromatic carbocycles. The summed E-state index contributed by atoms with van der Waals surface area (Å²) in [5.41, 5.74) is 0. The van der Waals surface area contributed by atoms with Gasteiger partial charge in [0.15, 0.2) is 0 Å². The lowest BCUT2D eigenvalue weighted by Crippen LogP contribution is -2.17. The Labute approximate surface area is 67.5 Å². The number of carbonyl (C=O) groups excluding carboxylic acids is 1. The Kier molecular flexibility index (Phi) is 1.59. The standard InChI is InChI=1S/C10H13O/c1-2-8-3-7-4-9(6-11)10(8)5-7/h2,6-9H,1,3-5H2. The van der Waals surface area contributed by atoms with Gasteiger partial charge in [-0.2, -0.15) is 0 Å². The van der Waals surface area contributed by atoms with Crippen molar-refractivity contribution < 1.29 is 4.79 Å². The fourth-order valence-corrected chi connectivity index (χ4v) is 2.59. The normalized spacial score (nSPS) is 42.7. The molecule has 0 spiro atoms. The Bertz CT molecular complexity index is 167. The molecule has 2 saturated carbocycles. The molecule has 1 radical (unpaired) electrons. The Morgan fingerprint density at radius 1 is 1.36 bits per heavy atom. The van der Waals surface area contributed by atoms with Crippen LogP contribution < -0.4 is 0 Å². The van der Waals surface area contributed by atoms with Crippen LogP contribution in [-0.2, 0) is 4.79 Å². The molecule has 3 atom stereocenters. The maximum absolute atomic E-state index is 10.6. The summed E-state index contributed by atoms with van der Waals surface area (Å²) in [5.74, 6) is 3.09. The van der Waals surface area contributed by atoms with Crippen molar-refractivity contribution in [2.24, 2.45) is 17.8 Å². The van der Waals surface area contributed by atoms with E-state index >= 15 is 0 Å². The van der Waals surface area contributed by atoms with E-state index in [9.17, 15) is 4.79 Å². The van der Waals surface area contributed by atoms with Gasteiger partial charge in [-0.15, -0.1) is 6.58 Å². The first-order valence-corrected chi connectivity index (χ1v) is 4.28. The fraction of sp³-hybridized carbons (Fsp3) is 0.600. The van der Waals surface area contributed by atoms with E-state index in [1.54, 1.807) is 0 Å². The molecule has 0 saturated heterocycles. The average Bonchev–Trinajstić information content (AvgIpc) is 2.60. The third kappa shape index (κ3) is 0.943. The molecule has 2 aliphatic rings. The van der Waals surface area contributed by atoms with Crippen LogP contribution in [0.25, 0.3) is 0 Å². The summed E-state index contributed by atoms with van der Waals surface area (Å²) in [6.07, 6.45) is 6.68. The first-order valence-electron chi connectivity index (χ1n) is 4.28. The molecule has 1 nitrogen and oxygen atoms in total. The number of rotatable bonds is 2. The van der Waals surface area contributed by atoms with E-state index < -0.39 is 0 Å². The number of carbonyl (C=O) groups is 1. The number of allylic oxidation sites excluding steroid dienone is 1. The highest BCUT2D eigenvalue weighted by molar-refractivity contribution is 5.60. The van der Waals surface area contributed by atoms with Crippen LogP contribution in [0.15, 0.2) is 12.7 Å². The van der Waals surface area contributed by atoms with Crippen LogP contribution in [0.1, 0.15) is 19.3 Å². The second-order valence-corrected chi connectivity index (χ2v) is 3.70. The average molecular weight is 149 g/mol. The van der Waals surface area contributed by atoms with Crippen LogP contribution in [0, 0.1) is 23.7 Å². The largest absolute Gasteiger partial charge is 0.303 e. The van der Waals surface area contributed by atoms with Gasteiger partial charge < -0.3 is 4.79 Å². The van der Waals surface area contributed by atoms with Crippen molar-refractivity contribution >= 4 is 6.29 Å². The zero-order chi connectivity index (χ0) is 7.84. The molecule has 3 unspecified atom stereocenters. The van der Waals surface area contributed by atoms with Crippen molar-refractivity contribution in [2.75, 3.05) is 0 Å². The summed E-state index contributed by atoms with van der Waals surface area (Å²) in [7, 11) is 0. The van der Waals surface area contributed by atoms with Crippen LogP contribution in [0.5, 0.6) is 0 Å². The lowest BCUT2D eigenvalue weighted by molar-refractivity contribution is -0.110. The SMILES string of the molecule is C=CC1CC2C[C]1C(C=O)C2. The molecular weight excluding hydrogens is 136 g/mol.